The van der Waals surface area contributed by atoms with Crippen LogP contribution in [0.4, 0.5) is 0 Å². The number of aromatic nitrogens is 2. The van der Waals surface area contributed by atoms with Crippen LogP contribution in [0.3, 0.4) is 0 Å². The molecular weight excluding hydrogens is 412 g/mol. The van der Waals surface area contributed by atoms with E-state index in [1.807, 2.05) is 27.7 Å². The van der Waals surface area contributed by atoms with Gasteiger partial charge in [-0.3, -0.25) is 9.59 Å². The number of ether oxygens (including phenoxy) is 1. The minimum absolute atomic E-state index is 0.00378. The van der Waals surface area contributed by atoms with Gasteiger partial charge in [0.15, 0.2) is 5.75 Å². The van der Waals surface area contributed by atoms with Crippen molar-refractivity contribution in [3.05, 3.63) is 46.4 Å². The molecular formula is C23H32N4O5. The second-order valence-electron chi connectivity index (χ2n) is 8.36. The molecule has 0 spiro atoms. The number of hydrogen-bond donors (Lipinski definition) is 3. The van der Waals surface area contributed by atoms with Gasteiger partial charge >= 0.3 is 5.97 Å². The summed E-state index contributed by atoms with van der Waals surface area (Å²) in [6.45, 7) is 7.69. The largest absolute Gasteiger partial charge is 0.494 e. The van der Waals surface area contributed by atoms with Gasteiger partial charge < -0.3 is 20.5 Å². The Hall–Kier alpha value is -3.20. The van der Waals surface area contributed by atoms with E-state index >= 15 is 0 Å². The fourth-order valence-corrected chi connectivity index (χ4v) is 3.38. The highest BCUT2D eigenvalue weighted by atomic mass is 16.5. The Bertz CT molecular complexity index is 998. The van der Waals surface area contributed by atoms with Crippen LogP contribution in [0.5, 0.6) is 5.75 Å². The van der Waals surface area contributed by atoms with Gasteiger partial charge in [-0.05, 0) is 17.0 Å². The van der Waals surface area contributed by atoms with Crippen LogP contribution in [-0.2, 0) is 23.1 Å². The van der Waals surface area contributed by atoms with Gasteiger partial charge in [0.25, 0.3) is 5.56 Å². The summed E-state index contributed by atoms with van der Waals surface area (Å²) >= 11 is 0. The number of carbonyl (C=O) groups excluding carboxylic acids is 1. The van der Waals surface area contributed by atoms with E-state index in [0.29, 0.717) is 22.4 Å². The summed E-state index contributed by atoms with van der Waals surface area (Å²) in [7, 11) is 3.02. The Balaban J connectivity index is 2.22. The standard InChI is InChI=1S/C23H32N4O5/c1-13(2)20(25-14(3)4)21(28)26-17(23(30)31)11-15-7-9-16(10-8-15)19-18(32-6)12-24-27(5)22(19)29/h7-10,12-14,17,20,25H,11H2,1-6H3,(H,26,28)(H,30,31). The number of carboxylic acids is 1. The Labute approximate surface area is 187 Å². The molecule has 1 aromatic heterocycles. The molecule has 0 aliphatic carbocycles. The molecule has 2 rings (SSSR count). The third-order valence-electron chi connectivity index (χ3n) is 5.08. The maximum atomic E-state index is 12.7. The van der Waals surface area contributed by atoms with Crippen molar-refractivity contribution in [2.75, 3.05) is 7.11 Å². The first kappa shape index (κ1) is 25.1. The number of aryl methyl sites for hydroxylation is 1. The van der Waals surface area contributed by atoms with Gasteiger partial charge in [0, 0.05) is 19.5 Å². The minimum atomic E-state index is -1.11. The highest BCUT2D eigenvalue weighted by Gasteiger charge is 2.28. The molecule has 1 aromatic carbocycles. The zero-order valence-corrected chi connectivity index (χ0v) is 19.4. The number of nitrogens with zero attached hydrogens (tertiary/aromatic N) is 2. The summed E-state index contributed by atoms with van der Waals surface area (Å²) in [5.41, 5.74) is 1.42. The maximum absolute atomic E-state index is 12.7. The lowest BCUT2D eigenvalue weighted by Crippen LogP contribution is -2.54. The quantitative estimate of drug-likeness (QED) is 0.509. The number of nitrogens with one attached hydrogen (secondary N) is 2. The highest BCUT2D eigenvalue weighted by molar-refractivity contribution is 5.87. The second-order valence-corrected chi connectivity index (χ2v) is 8.36. The van der Waals surface area contributed by atoms with Crippen LogP contribution in [0, 0.1) is 5.92 Å². The Morgan fingerprint density at radius 2 is 1.78 bits per heavy atom. The molecule has 9 heteroatoms. The van der Waals surface area contributed by atoms with Crippen LogP contribution < -0.4 is 20.9 Å². The molecule has 0 fully saturated rings. The zero-order chi connectivity index (χ0) is 24.0. The lowest BCUT2D eigenvalue weighted by atomic mass is 9.99. The molecule has 2 unspecified atom stereocenters. The van der Waals surface area contributed by atoms with E-state index in [4.69, 9.17) is 4.74 Å². The van der Waals surface area contributed by atoms with Gasteiger partial charge in [-0.1, -0.05) is 52.0 Å². The molecule has 0 radical (unpaired) electrons. The van der Waals surface area contributed by atoms with Crippen LogP contribution in [0.1, 0.15) is 33.3 Å². The number of benzene rings is 1. The first-order chi connectivity index (χ1) is 15.0. The van der Waals surface area contributed by atoms with E-state index in [2.05, 4.69) is 15.7 Å². The van der Waals surface area contributed by atoms with E-state index < -0.39 is 18.1 Å². The van der Waals surface area contributed by atoms with Crippen LogP contribution in [-0.4, -0.2) is 52.0 Å². The number of carbonyl (C=O) groups is 2. The molecule has 2 atom stereocenters. The van der Waals surface area contributed by atoms with E-state index in [-0.39, 0.29) is 29.8 Å². The predicted molar refractivity (Wildman–Crippen MR) is 122 cm³/mol. The molecule has 0 saturated carbocycles. The molecule has 0 aliphatic heterocycles. The van der Waals surface area contributed by atoms with Gasteiger partial charge in [-0.15, -0.1) is 0 Å². The third kappa shape index (κ3) is 6.16. The summed E-state index contributed by atoms with van der Waals surface area (Å²) in [5.74, 6) is -1.10. The summed E-state index contributed by atoms with van der Waals surface area (Å²) in [6.07, 6.45) is 1.58. The van der Waals surface area contributed by atoms with Crippen molar-refractivity contribution < 1.29 is 19.4 Å². The van der Waals surface area contributed by atoms with Crippen molar-refractivity contribution in [1.29, 1.82) is 0 Å². The van der Waals surface area contributed by atoms with Crippen LogP contribution in [0.25, 0.3) is 11.1 Å². The second kappa shape index (κ2) is 10.9. The van der Waals surface area contributed by atoms with Gasteiger partial charge in [0.1, 0.15) is 6.04 Å². The van der Waals surface area contributed by atoms with Crippen molar-refractivity contribution in [1.82, 2.24) is 20.4 Å². The number of aliphatic carboxylic acids is 1. The minimum Gasteiger partial charge on any atom is -0.494 e. The Morgan fingerprint density at radius 3 is 2.28 bits per heavy atom. The predicted octanol–water partition coefficient (Wildman–Crippen LogP) is 1.59. The molecule has 0 bridgehead atoms. The molecule has 0 aliphatic rings. The fourth-order valence-electron chi connectivity index (χ4n) is 3.38. The number of rotatable bonds is 10. The van der Waals surface area contributed by atoms with Crippen molar-refractivity contribution in [3.8, 4) is 16.9 Å². The van der Waals surface area contributed by atoms with Gasteiger partial charge in [-0.25, -0.2) is 9.48 Å². The van der Waals surface area contributed by atoms with Gasteiger partial charge in [-0.2, -0.15) is 5.10 Å². The molecule has 174 valence electrons. The van der Waals surface area contributed by atoms with Crippen molar-refractivity contribution >= 4 is 11.9 Å². The first-order valence-corrected chi connectivity index (χ1v) is 10.5. The zero-order valence-electron chi connectivity index (χ0n) is 19.4. The monoisotopic (exact) mass is 444 g/mol. The lowest BCUT2D eigenvalue weighted by Gasteiger charge is -2.26. The lowest BCUT2D eigenvalue weighted by molar-refractivity contribution is -0.142. The van der Waals surface area contributed by atoms with E-state index in [0.717, 1.165) is 0 Å². The number of amides is 1. The van der Waals surface area contributed by atoms with E-state index in [1.54, 1.807) is 31.3 Å². The van der Waals surface area contributed by atoms with Crippen molar-refractivity contribution in [2.24, 2.45) is 13.0 Å². The number of methoxy groups -OCH3 is 1. The molecule has 3 N–H and O–H groups in total. The molecule has 2 aromatic rings. The van der Waals surface area contributed by atoms with Crippen molar-refractivity contribution in [3.63, 3.8) is 0 Å². The summed E-state index contributed by atoms with van der Waals surface area (Å²) in [6, 6.07) is 5.45. The van der Waals surface area contributed by atoms with Crippen LogP contribution in [0.15, 0.2) is 35.3 Å². The maximum Gasteiger partial charge on any atom is 0.326 e. The summed E-state index contributed by atoms with van der Waals surface area (Å²) < 4.78 is 6.49. The van der Waals surface area contributed by atoms with E-state index in [9.17, 15) is 19.5 Å². The van der Waals surface area contributed by atoms with Gasteiger partial charge in [0.2, 0.25) is 5.91 Å². The van der Waals surface area contributed by atoms with Crippen LogP contribution >= 0.6 is 0 Å². The average Bonchev–Trinajstić information content (AvgIpc) is 2.73. The number of hydrogen-bond acceptors (Lipinski definition) is 6. The molecule has 1 amide bonds. The summed E-state index contributed by atoms with van der Waals surface area (Å²) in [4.78, 5) is 37.0. The summed E-state index contributed by atoms with van der Waals surface area (Å²) in [5, 5.41) is 19.4. The Kier molecular flexibility index (Phi) is 8.54. The highest BCUT2D eigenvalue weighted by Crippen LogP contribution is 2.25. The fraction of sp³-hybridized carbons (Fsp3) is 0.478. The SMILES string of the molecule is COc1cnn(C)c(=O)c1-c1ccc(CC(NC(=O)C(NC(C)C)C(C)C)C(=O)O)cc1. The molecule has 32 heavy (non-hydrogen) atoms. The van der Waals surface area contributed by atoms with Crippen molar-refractivity contribution in [2.45, 2.75) is 52.2 Å². The van der Waals surface area contributed by atoms with Gasteiger partial charge in [0.05, 0.1) is 24.9 Å². The topological polar surface area (TPSA) is 123 Å². The molecule has 1 heterocycles. The number of carboxylic acid groups (broad SMARTS) is 1. The average molecular weight is 445 g/mol. The molecule has 0 saturated heterocycles. The Morgan fingerprint density at radius 1 is 1.16 bits per heavy atom. The first-order valence-electron chi connectivity index (χ1n) is 10.5. The van der Waals surface area contributed by atoms with E-state index in [1.165, 1.54) is 18.0 Å². The van der Waals surface area contributed by atoms with Crippen LogP contribution in [0.2, 0.25) is 0 Å². The smallest absolute Gasteiger partial charge is 0.326 e. The third-order valence-corrected chi connectivity index (χ3v) is 5.08. The normalized spacial score (nSPS) is 13.1. The molecule has 9 nitrogen and oxygen atoms in total.